The van der Waals surface area contributed by atoms with E-state index in [-0.39, 0.29) is 16.3 Å². The van der Waals surface area contributed by atoms with Gasteiger partial charge in [0.25, 0.3) is 0 Å². The number of benzene rings is 1. The van der Waals surface area contributed by atoms with Crippen LogP contribution in [0.1, 0.15) is 17.3 Å². The molecule has 16 heavy (non-hydrogen) atoms. The summed E-state index contributed by atoms with van der Waals surface area (Å²) in [5.74, 6) is -2.09. The number of hydrogen-bond donors (Lipinski definition) is 2. The Morgan fingerprint density at radius 2 is 2.12 bits per heavy atom. The maximum atomic E-state index is 11.6. The van der Waals surface area contributed by atoms with E-state index in [0.29, 0.717) is 0 Å². The summed E-state index contributed by atoms with van der Waals surface area (Å²) in [6.07, 6.45) is -1.25. The number of anilines is 1. The molecule has 0 aromatic heterocycles. The van der Waals surface area contributed by atoms with E-state index in [4.69, 9.17) is 22.4 Å². The highest BCUT2D eigenvalue weighted by atomic mass is 35.5. The first-order valence-corrected chi connectivity index (χ1v) is 4.79. The van der Waals surface area contributed by atoms with Crippen LogP contribution >= 0.6 is 11.6 Å². The number of aliphatic carboxylic acids is 1. The summed E-state index contributed by atoms with van der Waals surface area (Å²) in [5.41, 5.74) is 5.67. The topological polar surface area (TPSA) is 89.6 Å². The lowest BCUT2D eigenvalue weighted by atomic mass is 10.2. The zero-order valence-electron chi connectivity index (χ0n) is 8.44. The molecule has 0 fully saturated rings. The van der Waals surface area contributed by atoms with Crippen molar-refractivity contribution >= 4 is 29.2 Å². The number of ether oxygens (including phenoxy) is 1. The van der Waals surface area contributed by atoms with Gasteiger partial charge in [-0.15, -0.1) is 0 Å². The summed E-state index contributed by atoms with van der Waals surface area (Å²) in [6, 6.07) is 4.53. The molecule has 0 radical (unpaired) electrons. The highest BCUT2D eigenvalue weighted by Gasteiger charge is 2.21. The molecular weight excluding hydrogens is 234 g/mol. The molecule has 1 aromatic carbocycles. The molecule has 0 saturated carbocycles. The van der Waals surface area contributed by atoms with E-state index in [1.54, 1.807) is 6.07 Å². The number of carboxylic acid groups (broad SMARTS) is 1. The summed E-state index contributed by atoms with van der Waals surface area (Å²) >= 11 is 5.76. The molecular formula is C10H10ClNO4. The zero-order chi connectivity index (χ0) is 12.3. The number of carbonyl (C=O) groups is 2. The third-order valence-electron chi connectivity index (χ3n) is 1.88. The predicted molar refractivity (Wildman–Crippen MR) is 58.4 cm³/mol. The van der Waals surface area contributed by atoms with Crippen LogP contribution in [0.2, 0.25) is 5.02 Å². The molecule has 0 aliphatic rings. The van der Waals surface area contributed by atoms with Gasteiger partial charge < -0.3 is 15.6 Å². The molecule has 0 heterocycles. The SMILES string of the molecule is CC(OC(=O)c1c(N)cccc1Cl)C(=O)O. The first-order valence-electron chi connectivity index (χ1n) is 4.41. The van der Waals surface area contributed by atoms with E-state index in [0.717, 1.165) is 0 Å². The van der Waals surface area contributed by atoms with Crippen molar-refractivity contribution in [2.24, 2.45) is 0 Å². The Hall–Kier alpha value is -1.75. The van der Waals surface area contributed by atoms with Crippen LogP contribution in [0.4, 0.5) is 5.69 Å². The molecule has 0 spiro atoms. The highest BCUT2D eigenvalue weighted by Crippen LogP contribution is 2.23. The van der Waals surface area contributed by atoms with Crippen LogP contribution in [0.3, 0.4) is 0 Å². The fourth-order valence-corrected chi connectivity index (χ4v) is 1.29. The number of carbonyl (C=O) groups excluding carboxylic acids is 1. The van der Waals surface area contributed by atoms with Crippen molar-refractivity contribution in [1.29, 1.82) is 0 Å². The molecule has 86 valence electrons. The fourth-order valence-electron chi connectivity index (χ4n) is 1.03. The molecule has 0 saturated heterocycles. The Labute approximate surface area is 96.8 Å². The smallest absolute Gasteiger partial charge is 0.344 e. The third-order valence-corrected chi connectivity index (χ3v) is 2.20. The predicted octanol–water partition coefficient (Wildman–Crippen LogP) is 1.55. The molecule has 0 bridgehead atoms. The van der Waals surface area contributed by atoms with E-state index in [9.17, 15) is 9.59 Å². The van der Waals surface area contributed by atoms with Crippen molar-refractivity contribution in [3.05, 3.63) is 28.8 Å². The largest absolute Gasteiger partial charge is 0.479 e. The summed E-state index contributed by atoms with van der Waals surface area (Å²) in [4.78, 5) is 22.0. The number of nitrogens with two attached hydrogens (primary N) is 1. The van der Waals surface area contributed by atoms with E-state index in [1.165, 1.54) is 19.1 Å². The second-order valence-electron chi connectivity index (χ2n) is 3.09. The lowest BCUT2D eigenvalue weighted by Gasteiger charge is -2.11. The Balaban J connectivity index is 2.93. The van der Waals surface area contributed by atoms with Crippen molar-refractivity contribution in [2.75, 3.05) is 5.73 Å². The third kappa shape index (κ3) is 2.64. The molecule has 6 heteroatoms. The molecule has 5 nitrogen and oxygen atoms in total. The number of halogens is 1. The van der Waals surface area contributed by atoms with Gasteiger partial charge in [0.2, 0.25) is 0 Å². The quantitative estimate of drug-likeness (QED) is 0.621. The fraction of sp³-hybridized carbons (Fsp3) is 0.200. The second kappa shape index (κ2) is 4.85. The lowest BCUT2D eigenvalue weighted by molar-refractivity contribution is -0.146. The first kappa shape index (κ1) is 12.3. The van der Waals surface area contributed by atoms with E-state index in [2.05, 4.69) is 4.74 Å². The summed E-state index contributed by atoms with van der Waals surface area (Å²) in [5, 5.41) is 8.70. The lowest BCUT2D eigenvalue weighted by Crippen LogP contribution is -2.24. The van der Waals surface area contributed by atoms with Gasteiger partial charge in [-0.1, -0.05) is 17.7 Å². The number of hydrogen-bond acceptors (Lipinski definition) is 4. The molecule has 1 atom stereocenters. The van der Waals surface area contributed by atoms with Crippen molar-refractivity contribution in [3.63, 3.8) is 0 Å². The molecule has 3 N–H and O–H groups in total. The van der Waals surface area contributed by atoms with Gasteiger partial charge in [-0.25, -0.2) is 9.59 Å². The van der Waals surface area contributed by atoms with Crippen LogP contribution in [0, 0.1) is 0 Å². The maximum Gasteiger partial charge on any atom is 0.344 e. The summed E-state index contributed by atoms with van der Waals surface area (Å²) in [7, 11) is 0. The van der Waals surface area contributed by atoms with Gasteiger partial charge in [-0.2, -0.15) is 0 Å². The average Bonchev–Trinajstić information content (AvgIpc) is 2.16. The van der Waals surface area contributed by atoms with E-state index in [1.807, 2.05) is 0 Å². The monoisotopic (exact) mass is 243 g/mol. The average molecular weight is 244 g/mol. The summed E-state index contributed by atoms with van der Waals surface area (Å²) < 4.78 is 4.66. The van der Waals surface area contributed by atoms with Crippen molar-refractivity contribution in [1.82, 2.24) is 0 Å². The number of carboxylic acids is 1. The van der Waals surface area contributed by atoms with Gasteiger partial charge in [0, 0.05) is 5.69 Å². The minimum Gasteiger partial charge on any atom is -0.479 e. The number of rotatable bonds is 3. The van der Waals surface area contributed by atoms with Gasteiger partial charge in [0.1, 0.15) is 5.56 Å². The summed E-state index contributed by atoms with van der Waals surface area (Å²) in [6.45, 7) is 1.24. The maximum absolute atomic E-state index is 11.6. The second-order valence-corrected chi connectivity index (χ2v) is 3.50. The van der Waals surface area contributed by atoms with Gasteiger partial charge in [0.05, 0.1) is 5.02 Å². The molecule has 1 aromatic rings. The molecule has 1 rings (SSSR count). The molecule has 0 amide bonds. The molecule has 0 aliphatic carbocycles. The van der Waals surface area contributed by atoms with Crippen LogP contribution in [0.15, 0.2) is 18.2 Å². The van der Waals surface area contributed by atoms with E-state index >= 15 is 0 Å². The number of nitrogen functional groups attached to an aromatic ring is 1. The van der Waals surface area contributed by atoms with Crippen LogP contribution < -0.4 is 5.73 Å². The van der Waals surface area contributed by atoms with Crippen molar-refractivity contribution in [3.8, 4) is 0 Å². The van der Waals surface area contributed by atoms with Gasteiger partial charge in [-0.05, 0) is 19.1 Å². The zero-order valence-corrected chi connectivity index (χ0v) is 9.19. The standard InChI is InChI=1S/C10H10ClNO4/c1-5(9(13)14)16-10(15)8-6(11)3-2-4-7(8)12/h2-5H,12H2,1H3,(H,13,14). The van der Waals surface area contributed by atoms with Crippen molar-refractivity contribution in [2.45, 2.75) is 13.0 Å². The first-order chi connectivity index (χ1) is 7.43. The Morgan fingerprint density at radius 3 is 2.62 bits per heavy atom. The molecule has 1 unspecified atom stereocenters. The van der Waals surface area contributed by atoms with Crippen LogP contribution in [-0.4, -0.2) is 23.1 Å². The minimum atomic E-state index is -1.25. The Kier molecular flexibility index (Phi) is 3.73. The highest BCUT2D eigenvalue weighted by molar-refractivity contribution is 6.34. The van der Waals surface area contributed by atoms with Crippen LogP contribution in [0.5, 0.6) is 0 Å². The van der Waals surface area contributed by atoms with Gasteiger partial charge in [0.15, 0.2) is 6.10 Å². The Bertz CT molecular complexity index is 413. The van der Waals surface area contributed by atoms with Crippen LogP contribution in [-0.2, 0) is 9.53 Å². The van der Waals surface area contributed by atoms with Crippen LogP contribution in [0.25, 0.3) is 0 Å². The minimum absolute atomic E-state index is 0.0164. The van der Waals surface area contributed by atoms with Gasteiger partial charge >= 0.3 is 11.9 Å². The molecule has 0 aliphatic heterocycles. The normalized spacial score (nSPS) is 11.9. The van der Waals surface area contributed by atoms with Gasteiger partial charge in [-0.3, -0.25) is 0 Å². The van der Waals surface area contributed by atoms with E-state index < -0.39 is 18.0 Å². The van der Waals surface area contributed by atoms with Crippen molar-refractivity contribution < 1.29 is 19.4 Å². The number of esters is 1. The Morgan fingerprint density at radius 1 is 1.50 bits per heavy atom.